The zero-order valence-electron chi connectivity index (χ0n) is 7.33. The minimum Gasteiger partial charge on any atom is -0.462 e. The molecule has 0 fully saturated rings. The first-order valence-corrected chi connectivity index (χ1v) is 3.98. The molecule has 0 heterocycles. The molecule has 0 saturated carbocycles. The van der Waals surface area contributed by atoms with Gasteiger partial charge < -0.3 is 4.74 Å². The molecule has 0 bridgehead atoms. The van der Waals surface area contributed by atoms with Crippen molar-refractivity contribution in [3.63, 3.8) is 0 Å². The first-order chi connectivity index (χ1) is 5.75. The third kappa shape index (κ3) is 2.90. The second kappa shape index (κ2) is 5.36. The Bertz CT molecular complexity index is 279. The van der Waals surface area contributed by atoms with Crippen LogP contribution in [0.3, 0.4) is 0 Å². The van der Waals surface area contributed by atoms with Crippen molar-refractivity contribution in [3.05, 3.63) is 35.4 Å². The van der Waals surface area contributed by atoms with Crippen LogP contribution in [0.25, 0.3) is 0 Å². The summed E-state index contributed by atoms with van der Waals surface area (Å²) in [6, 6.07) is 7.40. The number of ether oxygens (including phenoxy) is 1. The lowest BCUT2D eigenvalue weighted by atomic mass is 10.1. The van der Waals surface area contributed by atoms with Crippen LogP contribution >= 0.6 is 0 Å². The summed E-state index contributed by atoms with van der Waals surface area (Å²) < 4.78 is 4.87. The molecule has 0 aliphatic carbocycles. The van der Waals surface area contributed by atoms with E-state index in [-0.39, 0.29) is 13.4 Å². The van der Waals surface area contributed by atoms with E-state index in [4.69, 9.17) is 4.74 Å². The van der Waals surface area contributed by atoms with Gasteiger partial charge in [-0.25, -0.2) is 4.79 Å². The molecule has 0 radical (unpaired) electrons. The normalized spacial score (nSPS) is 8.77. The molecule has 13 heavy (non-hydrogen) atoms. The van der Waals surface area contributed by atoms with Gasteiger partial charge >= 0.3 is 5.97 Å². The second-order valence-electron chi connectivity index (χ2n) is 2.54. The number of esters is 1. The monoisotopic (exact) mass is 180 g/mol. The molecule has 0 N–H and O–H groups in total. The summed E-state index contributed by atoms with van der Waals surface area (Å²) in [6.45, 7) is 4.12. The van der Waals surface area contributed by atoms with Gasteiger partial charge in [0.1, 0.15) is 0 Å². The number of aryl methyl sites for hydroxylation is 1. The third-order valence-corrected chi connectivity index (χ3v) is 1.64. The van der Waals surface area contributed by atoms with Crippen molar-refractivity contribution in [1.29, 1.82) is 0 Å². The van der Waals surface area contributed by atoms with Crippen LogP contribution in [-0.2, 0) is 4.74 Å². The summed E-state index contributed by atoms with van der Waals surface area (Å²) in [4.78, 5) is 11.2. The highest BCUT2D eigenvalue weighted by molar-refractivity contribution is 5.90. The predicted octanol–water partition coefficient (Wildman–Crippen LogP) is 2.81. The van der Waals surface area contributed by atoms with E-state index in [2.05, 4.69) is 0 Å². The van der Waals surface area contributed by atoms with Crippen molar-refractivity contribution >= 4 is 5.97 Å². The SMILES string of the molecule is C.CCOC(=O)c1ccccc1C. The van der Waals surface area contributed by atoms with E-state index in [1.54, 1.807) is 13.0 Å². The van der Waals surface area contributed by atoms with Crippen LogP contribution in [0.5, 0.6) is 0 Å². The van der Waals surface area contributed by atoms with E-state index in [0.717, 1.165) is 5.56 Å². The van der Waals surface area contributed by atoms with Gasteiger partial charge in [-0.2, -0.15) is 0 Å². The summed E-state index contributed by atoms with van der Waals surface area (Å²) >= 11 is 0. The Morgan fingerprint density at radius 2 is 2.00 bits per heavy atom. The van der Waals surface area contributed by atoms with E-state index in [1.165, 1.54) is 0 Å². The van der Waals surface area contributed by atoms with Crippen LogP contribution in [0.1, 0.15) is 30.3 Å². The van der Waals surface area contributed by atoms with Gasteiger partial charge in [-0.05, 0) is 25.5 Å². The molecule has 2 heteroatoms. The predicted molar refractivity (Wildman–Crippen MR) is 53.9 cm³/mol. The fourth-order valence-electron chi connectivity index (χ4n) is 1.01. The average molecular weight is 180 g/mol. The number of rotatable bonds is 2. The largest absolute Gasteiger partial charge is 0.462 e. The molecule has 72 valence electrons. The van der Waals surface area contributed by atoms with Crippen LogP contribution in [-0.4, -0.2) is 12.6 Å². The highest BCUT2D eigenvalue weighted by Gasteiger charge is 2.07. The van der Waals surface area contributed by atoms with Gasteiger partial charge in [-0.15, -0.1) is 0 Å². The molecule has 1 rings (SSSR count). The van der Waals surface area contributed by atoms with Gasteiger partial charge in [0.25, 0.3) is 0 Å². The molecule has 2 nitrogen and oxygen atoms in total. The summed E-state index contributed by atoms with van der Waals surface area (Å²) in [5, 5.41) is 0. The van der Waals surface area contributed by atoms with Crippen LogP contribution < -0.4 is 0 Å². The van der Waals surface area contributed by atoms with Gasteiger partial charge in [0.05, 0.1) is 12.2 Å². The van der Waals surface area contributed by atoms with Crippen molar-refractivity contribution in [2.75, 3.05) is 6.61 Å². The highest BCUT2D eigenvalue weighted by Crippen LogP contribution is 2.07. The van der Waals surface area contributed by atoms with Crippen LogP contribution in [0.15, 0.2) is 24.3 Å². The van der Waals surface area contributed by atoms with Gasteiger partial charge in [0.15, 0.2) is 0 Å². The van der Waals surface area contributed by atoms with Crippen molar-refractivity contribution in [1.82, 2.24) is 0 Å². The molecule has 0 spiro atoms. The zero-order chi connectivity index (χ0) is 8.97. The topological polar surface area (TPSA) is 26.3 Å². The number of carbonyl (C=O) groups excluding carboxylic acids is 1. The summed E-state index contributed by atoms with van der Waals surface area (Å²) in [5.74, 6) is -0.240. The van der Waals surface area contributed by atoms with Crippen LogP contribution in [0.2, 0.25) is 0 Å². The van der Waals surface area contributed by atoms with E-state index >= 15 is 0 Å². The van der Waals surface area contributed by atoms with Gasteiger partial charge in [-0.3, -0.25) is 0 Å². The lowest BCUT2D eigenvalue weighted by Crippen LogP contribution is -2.05. The smallest absolute Gasteiger partial charge is 0.338 e. The molecule has 0 aliphatic heterocycles. The Morgan fingerprint density at radius 1 is 1.38 bits per heavy atom. The number of carbonyl (C=O) groups is 1. The lowest BCUT2D eigenvalue weighted by molar-refractivity contribution is 0.0525. The quantitative estimate of drug-likeness (QED) is 0.654. The molecule has 0 saturated heterocycles. The average Bonchev–Trinajstić information content (AvgIpc) is 2.05. The molecule has 0 atom stereocenters. The van der Waals surface area contributed by atoms with Crippen molar-refractivity contribution in [2.24, 2.45) is 0 Å². The van der Waals surface area contributed by atoms with Crippen molar-refractivity contribution < 1.29 is 9.53 Å². The second-order valence-corrected chi connectivity index (χ2v) is 2.54. The molecular weight excluding hydrogens is 164 g/mol. The number of hydrogen-bond acceptors (Lipinski definition) is 2. The highest BCUT2D eigenvalue weighted by atomic mass is 16.5. The summed E-state index contributed by atoms with van der Waals surface area (Å²) in [7, 11) is 0. The van der Waals surface area contributed by atoms with E-state index in [0.29, 0.717) is 12.2 Å². The number of benzene rings is 1. The minimum atomic E-state index is -0.240. The van der Waals surface area contributed by atoms with Gasteiger partial charge in [0, 0.05) is 0 Å². The Kier molecular flexibility index (Phi) is 4.82. The van der Waals surface area contributed by atoms with Crippen molar-refractivity contribution in [3.8, 4) is 0 Å². The fraction of sp³-hybridized carbons (Fsp3) is 0.364. The maximum atomic E-state index is 11.2. The Labute approximate surface area is 79.5 Å². The first kappa shape index (κ1) is 11.7. The van der Waals surface area contributed by atoms with Gasteiger partial charge in [-0.1, -0.05) is 25.6 Å². The molecule has 0 amide bonds. The molecule has 0 aliphatic rings. The first-order valence-electron chi connectivity index (χ1n) is 3.98. The van der Waals surface area contributed by atoms with E-state index in [9.17, 15) is 4.79 Å². The Morgan fingerprint density at radius 3 is 2.54 bits per heavy atom. The maximum Gasteiger partial charge on any atom is 0.338 e. The maximum absolute atomic E-state index is 11.2. The van der Waals surface area contributed by atoms with E-state index in [1.807, 2.05) is 25.1 Å². The molecule has 0 unspecified atom stereocenters. The molecule has 1 aromatic carbocycles. The zero-order valence-corrected chi connectivity index (χ0v) is 7.33. The van der Waals surface area contributed by atoms with Crippen LogP contribution in [0, 0.1) is 6.92 Å². The standard InChI is InChI=1S/C10H12O2.CH4/c1-3-12-10(11)9-7-5-4-6-8(9)2;/h4-7H,3H2,1-2H3;1H4. The minimum absolute atomic E-state index is 0. The molecule has 0 aromatic heterocycles. The van der Waals surface area contributed by atoms with E-state index < -0.39 is 0 Å². The fourth-order valence-corrected chi connectivity index (χ4v) is 1.01. The third-order valence-electron chi connectivity index (χ3n) is 1.64. The summed E-state index contributed by atoms with van der Waals surface area (Å²) in [5.41, 5.74) is 1.61. The Balaban J connectivity index is 0.00000144. The Hall–Kier alpha value is -1.31. The summed E-state index contributed by atoms with van der Waals surface area (Å²) in [6.07, 6.45) is 0. The van der Waals surface area contributed by atoms with Gasteiger partial charge in [0.2, 0.25) is 0 Å². The molecule has 1 aromatic rings. The molecular formula is C11H16O2. The van der Waals surface area contributed by atoms with Crippen molar-refractivity contribution in [2.45, 2.75) is 21.3 Å². The number of hydrogen-bond donors (Lipinski definition) is 0. The lowest BCUT2D eigenvalue weighted by Gasteiger charge is -2.03. The van der Waals surface area contributed by atoms with Crippen LogP contribution in [0.4, 0.5) is 0 Å².